The number of anilines is 1. The maximum absolute atomic E-state index is 13.6. The maximum atomic E-state index is 13.6. The molecule has 3 rings (SSSR count). The third-order valence-electron chi connectivity index (χ3n) is 3.19. The molecule has 0 saturated carbocycles. The highest BCUT2D eigenvalue weighted by atomic mass is 19.1. The fourth-order valence-electron chi connectivity index (χ4n) is 2.27. The largest absolute Gasteiger partial charge is 0.361 e. The zero-order chi connectivity index (χ0) is 12.5. The number of rotatable bonds is 1. The lowest BCUT2D eigenvalue weighted by molar-refractivity contribution is 0.557. The van der Waals surface area contributed by atoms with Crippen LogP contribution in [0, 0.1) is 17.1 Å². The number of halogens is 1. The summed E-state index contributed by atoms with van der Waals surface area (Å²) in [4.78, 5) is 6.25. The topological polar surface area (TPSA) is 44.9 Å². The van der Waals surface area contributed by atoms with E-state index in [2.05, 4.69) is 9.55 Å². The van der Waals surface area contributed by atoms with Crippen molar-refractivity contribution < 1.29 is 4.39 Å². The van der Waals surface area contributed by atoms with Crippen LogP contribution in [0.5, 0.6) is 0 Å². The summed E-state index contributed by atoms with van der Waals surface area (Å²) in [6.45, 7) is 2.16. The Morgan fingerprint density at radius 2 is 2.22 bits per heavy atom. The van der Waals surface area contributed by atoms with Crippen LogP contribution in [-0.4, -0.2) is 16.1 Å². The van der Waals surface area contributed by atoms with Crippen LogP contribution in [0.3, 0.4) is 0 Å². The highest BCUT2D eigenvalue weighted by Crippen LogP contribution is 2.25. The van der Waals surface area contributed by atoms with Crippen molar-refractivity contribution in [2.45, 2.75) is 13.1 Å². The van der Waals surface area contributed by atoms with E-state index in [-0.39, 0.29) is 5.56 Å². The monoisotopic (exact) mass is 242 g/mol. The summed E-state index contributed by atoms with van der Waals surface area (Å²) in [5, 5.41) is 9.05. The van der Waals surface area contributed by atoms with Gasteiger partial charge >= 0.3 is 0 Å². The van der Waals surface area contributed by atoms with Crippen molar-refractivity contribution in [1.82, 2.24) is 9.55 Å². The van der Waals surface area contributed by atoms with Crippen molar-refractivity contribution in [2.24, 2.45) is 0 Å². The van der Waals surface area contributed by atoms with Crippen LogP contribution in [0.15, 0.2) is 30.6 Å². The Kier molecular flexibility index (Phi) is 2.49. The maximum Gasteiger partial charge on any atom is 0.143 e. The first kappa shape index (κ1) is 10.8. The molecule has 0 unspecified atom stereocenters. The van der Waals surface area contributed by atoms with Crippen LogP contribution < -0.4 is 4.90 Å². The number of fused-ring (bicyclic) bond motifs is 1. The average molecular weight is 242 g/mol. The molecule has 4 nitrogen and oxygen atoms in total. The summed E-state index contributed by atoms with van der Waals surface area (Å²) in [6, 6.07) is 6.66. The van der Waals surface area contributed by atoms with Crippen LogP contribution in [0.25, 0.3) is 0 Å². The average Bonchev–Trinajstić information content (AvgIpc) is 2.85. The van der Waals surface area contributed by atoms with Gasteiger partial charge in [-0.1, -0.05) is 6.07 Å². The number of hydrogen-bond acceptors (Lipinski definition) is 3. The molecule has 0 spiro atoms. The standard InChI is InChI=1S/C13H11FN4/c14-11-2-1-3-12(10(11)8-15)18-7-6-17-5-4-16-13(17)9-18/h1-5H,6-7,9H2. The van der Waals surface area contributed by atoms with Crippen molar-refractivity contribution in [3.63, 3.8) is 0 Å². The van der Waals surface area contributed by atoms with Gasteiger partial charge in [-0.2, -0.15) is 5.26 Å². The molecule has 1 aromatic heterocycles. The van der Waals surface area contributed by atoms with Gasteiger partial charge in [-0.15, -0.1) is 0 Å². The zero-order valence-electron chi connectivity index (χ0n) is 9.67. The summed E-state index contributed by atoms with van der Waals surface area (Å²) in [6.07, 6.45) is 3.69. The SMILES string of the molecule is N#Cc1c(F)cccc1N1CCn2ccnc2C1. The van der Waals surface area contributed by atoms with E-state index >= 15 is 0 Å². The molecule has 0 amide bonds. The molecule has 2 heterocycles. The zero-order valence-corrected chi connectivity index (χ0v) is 9.67. The van der Waals surface area contributed by atoms with Gasteiger partial charge in [0, 0.05) is 25.5 Å². The molecule has 1 aromatic carbocycles. The lowest BCUT2D eigenvalue weighted by Gasteiger charge is -2.30. The van der Waals surface area contributed by atoms with Gasteiger partial charge in [0.1, 0.15) is 23.3 Å². The van der Waals surface area contributed by atoms with Crippen molar-refractivity contribution >= 4 is 5.69 Å². The van der Waals surface area contributed by atoms with Gasteiger partial charge in [-0.25, -0.2) is 9.37 Å². The van der Waals surface area contributed by atoms with Gasteiger partial charge < -0.3 is 9.47 Å². The van der Waals surface area contributed by atoms with E-state index < -0.39 is 5.82 Å². The van der Waals surface area contributed by atoms with Crippen molar-refractivity contribution in [2.75, 3.05) is 11.4 Å². The summed E-state index contributed by atoms with van der Waals surface area (Å²) in [5.41, 5.74) is 0.754. The molecule has 1 aliphatic heterocycles. The fourth-order valence-corrected chi connectivity index (χ4v) is 2.27. The second-order valence-corrected chi connectivity index (χ2v) is 4.20. The quantitative estimate of drug-likeness (QED) is 0.767. The predicted molar refractivity (Wildman–Crippen MR) is 64.4 cm³/mol. The molecule has 0 saturated heterocycles. The van der Waals surface area contributed by atoms with E-state index in [0.29, 0.717) is 12.2 Å². The molecular formula is C13H11FN4. The second-order valence-electron chi connectivity index (χ2n) is 4.20. The third kappa shape index (κ3) is 1.63. The normalized spacial score (nSPS) is 14.1. The summed E-state index contributed by atoms with van der Waals surface area (Å²) < 4.78 is 15.6. The molecule has 1 aliphatic rings. The predicted octanol–water partition coefficient (Wildman–Crippen LogP) is 1.91. The van der Waals surface area contributed by atoms with Gasteiger partial charge in [0.05, 0.1) is 12.2 Å². The summed E-state index contributed by atoms with van der Waals surface area (Å²) in [5.74, 6) is 0.471. The van der Waals surface area contributed by atoms with Crippen LogP contribution in [0.1, 0.15) is 11.4 Å². The molecule has 0 N–H and O–H groups in total. The Labute approximate surface area is 104 Å². The van der Waals surface area contributed by atoms with Crippen molar-refractivity contribution in [3.05, 3.63) is 47.8 Å². The number of aromatic nitrogens is 2. The van der Waals surface area contributed by atoms with E-state index in [9.17, 15) is 4.39 Å². The van der Waals surface area contributed by atoms with E-state index in [4.69, 9.17) is 5.26 Å². The van der Waals surface area contributed by atoms with E-state index in [0.717, 1.165) is 18.9 Å². The van der Waals surface area contributed by atoms with Crippen LogP contribution in [-0.2, 0) is 13.1 Å². The molecule has 5 heteroatoms. The van der Waals surface area contributed by atoms with Crippen LogP contribution >= 0.6 is 0 Å². The molecule has 0 radical (unpaired) electrons. The third-order valence-corrected chi connectivity index (χ3v) is 3.19. The fraction of sp³-hybridized carbons (Fsp3) is 0.231. The molecular weight excluding hydrogens is 231 g/mol. The minimum absolute atomic E-state index is 0.109. The second kappa shape index (κ2) is 4.15. The number of nitriles is 1. The molecule has 90 valence electrons. The molecule has 0 bridgehead atoms. The van der Waals surface area contributed by atoms with Crippen LogP contribution in [0.4, 0.5) is 10.1 Å². The van der Waals surface area contributed by atoms with Gasteiger partial charge in [-0.3, -0.25) is 0 Å². The molecule has 0 atom stereocenters. The first-order valence-electron chi connectivity index (χ1n) is 5.73. The van der Waals surface area contributed by atoms with Crippen molar-refractivity contribution in [3.8, 4) is 6.07 Å². The summed E-state index contributed by atoms with van der Waals surface area (Å²) >= 11 is 0. The lowest BCUT2D eigenvalue weighted by atomic mass is 10.1. The van der Waals surface area contributed by atoms with Gasteiger partial charge in [0.25, 0.3) is 0 Å². The molecule has 0 aliphatic carbocycles. The Morgan fingerprint density at radius 3 is 3.06 bits per heavy atom. The molecule has 2 aromatic rings. The van der Waals surface area contributed by atoms with Crippen molar-refractivity contribution in [1.29, 1.82) is 5.26 Å². The highest BCUT2D eigenvalue weighted by molar-refractivity contribution is 5.60. The minimum Gasteiger partial charge on any atom is -0.361 e. The number of imidazole rings is 1. The van der Waals surface area contributed by atoms with E-state index in [1.54, 1.807) is 18.3 Å². The van der Waals surface area contributed by atoms with E-state index in [1.165, 1.54) is 6.07 Å². The first-order valence-corrected chi connectivity index (χ1v) is 5.73. The van der Waals surface area contributed by atoms with Gasteiger partial charge in [0.15, 0.2) is 0 Å². The van der Waals surface area contributed by atoms with Gasteiger partial charge in [0.2, 0.25) is 0 Å². The highest BCUT2D eigenvalue weighted by Gasteiger charge is 2.20. The Hall–Kier alpha value is -2.35. The lowest BCUT2D eigenvalue weighted by Crippen LogP contribution is -2.34. The van der Waals surface area contributed by atoms with Gasteiger partial charge in [-0.05, 0) is 12.1 Å². The number of benzene rings is 1. The number of nitrogens with zero attached hydrogens (tertiary/aromatic N) is 4. The minimum atomic E-state index is -0.469. The molecule has 0 fully saturated rings. The number of hydrogen-bond donors (Lipinski definition) is 0. The van der Waals surface area contributed by atoms with Crippen LogP contribution in [0.2, 0.25) is 0 Å². The Bertz CT molecular complexity index is 626. The Balaban J connectivity index is 1.99. The summed E-state index contributed by atoms with van der Waals surface area (Å²) in [7, 11) is 0. The smallest absolute Gasteiger partial charge is 0.143 e. The molecule has 18 heavy (non-hydrogen) atoms. The van der Waals surface area contributed by atoms with E-state index in [1.807, 2.05) is 17.2 Å². The first-order chi connectivity index (χ1) is 8.79. The Morgan fingerprint density at radius 1 is 1.33 bits per heavy atom.